The summed E-state index contributed by atoms with van der Waals surface area (Å²) in [7, 11) is 1.64. The summed E-state index contributed by atoms with van der Waals surface area (Å²) in [5, 5.41) is 1.02. The fraction of sp³-hybridized carbons (Fsp3) is 0.333. The number of carbonyl (C=O) groups is 2. The highest BCUT2D eigenvalue weighted by Gasteiger charge is 2.37. The molecule has 150 valence electrons. The number of fused-ring (bicyclic) bond motifs is 3. The molecule has 0 unspecified atom stereocenters. The van der Waals surface area contributed by atoms with Gasteiger partial charge in [0.25, 0.3) is 0 Å². The number of carbonyl (C=O) groups excluding carboxylic acids is 2. The van der Waals surface area contributed by atoms with E-state index in [4.69, 9.17) is 9.47 Å². The predicted molar refractivity (Wildman–Crippen MR) is 112 cm³/mol. The molecule has 0 radical (unpaired) electrons. The second kappa shape index (κ2) is 7.74. The Balaban J connectivity index is 1.86. The Bertz CT molecular complexity index is 1060. The largest absolute Gasteiger partial charge is 0.497 e. The number of rotatable bonds is 4. The SMILES string of the molecule is CCOC(=O)n1c2c(c3ccccc31)C[C@@H](C(C)=O)[C@H](c1ccc(OC)cc1)C2. The summed E-state index contributed by atoms with van der Waals surface area (Å²) in [5.74, 6) is 0.829. The average Bonchev–Trinajstić information content (AvgIpc) is 3.06. The molecule has 2 atom stereocenters. The molecule has 2 aromatic carbocycles. The molecule has 1 aliphatic rings. The third-order valence-electron chi connectivity index (χ3n) is 5.93. The Hall–Kier alpha value is -3.08. The van der Waals surface area contributed by atoms with Gasteiger partial charge >= 0.3 is 6.09 Å². The van der Waals surface area contributed by atoms with E-state index in [9.17, 15) is 9.59 Å². The van der Waals surface area contributed by atoms with Crippen LogP contribution in [0.1, 0.15) is 36.6 Å². The van der Waals surface area contributed by atoms with E-state index in [-0.39, 0.29) is 23.7 Å². The molecule has 0 amide bonds. The number of methoxy groups -OCH3 is 1. The standard InChI is InChI=1S/C24H25NO4/c1-4-29-24(27)25-22-8-6-5-7-18(22)21-13-19(15(2)26)20(14-23(21)25)16-9-11-17(28-3)12-10-16/h5-12,19-20H,4,13-14H2,1-3H3/t19-,20-/m0/s1. The monoisotopic (exact) mass is 391 g/mol. The summed E-state index contributed by atoms with van der Waals surface area (Å²) in [6.07, 6.45) is 0.868. The van der Waals surface area contributed by atoms with Gasteiger partial charge < -0.3 is 9.47 Å². The van der Waals surface area contributed by atoms with Gasteiger partial charge in [-0.1, -0.05) is 30.3 Å². The van der Waals surface area contributed by atoms with Crippen molar-refractivity contribution >= 4 is 22.8 Å². The number of nitrogens with zero attached hydrogens (tertiary/aromatic N) is 1. The first kappa shape index (κ1) is 19.2. The average molecular weight is 391 g/mol. The second-order valence-electron chi connectivity index (χ2n) is 7.48. The molecule has 0 N–H and O–H groups in total. The summed E-state index contributed by atoms with van der Waals surface area (Å²) in [6, 6.07) is 15.7. The number of aromatic nitrogens is 1. The highest BCUT2D eigenvalue weighted by Crippen LogP contribution is 2.42. The first-order valence-electron chi connectivity index (χ1n) is 9.97. The Morgan fingerprint density at radius 1 is 1.07 bits per heavy atom. The van der Waals surface area contributed by atoms with Crippen LogP contribution < -0.4 is 4.74 Å². The Morgan fingerprint density at radius 2 is 1.79 bits per heavy atom. The molecule has 1 aromatic heterocycles. The third-order valence-corrected chi connectivity index (χ3v) is 5.93. The maximum atomic E-state index is 12.8. The Kier molecular flexibility index (Phi) is 5.14. The van der Waals surface area contributed by atoms with Gasteiger partial charge in [-0.15, -0.1) is 0 Å². The summed E-state index contributed by atoms with van der Waals surface area (Å²) in [5.41, 5.74) is 3.95. The van der Waals surface area contributed by atoms with E-state index in [0.717, 1.165) is 33.5 Å². The van der Waals surface area contributed by atoms with Crippen LogP contribution >= 0.6 is 0 Å². The number of ketones is 1. The summed E-state index contributed by atoms with van der Waals surface area (Å²) >= 11 is 0. The van der Waals surface area contributed by atoms with Gasteiger partial charge in [0.2, 0.25) is 0 Å². The highest BCUT2D eigenvalue weighted by molar-refractivity contribution is 5.95. The van der Waals surface area contributed by atoms with Crippen LogP contribution in [0.3, 0.4) is 0 Å². The van der Waals surface area contributed by atoms with Crippen molar-refractivity contribution in [3.63, 3.8) is 0 Å². The molecule has 0 bridgehead atoms. The minimum absolute atomic E-state index is 0.00314. The lowest BCUT2D eigenvalue weighted by molar-refractivity contribution is -0.121. The van der Waals surface area contributed by atoms with Crippen molar-refractivity contribution in [2.75, 3.05) is 13.7 Å². The van der Waals surface area contributed by atoms with Gasteiger partial charge in [0.15, 0.2) is 0 Å². The number of ether oxygens (including phenoxy) is 2. The molecule has 5 nitrogen and oxygen atoms in total. The van der Waals surface area contributed by atoms with Crippen molar-refractivity contribution in [3.8, 4) is 5.75 Å². The zero-order chi connectivity index (χ0) is 20.5. The van der Waals surface area contributed by atoms with Gasteiger partial charge in [-0.25, -0.2) is 9.36 Å². The lowest BCUT2D eigenvalue weighted by Gasteiger charge is -2.31. The second-order valence-corrected chi connectivity index (χ2v) is 7.48. The normalized spacial score (nSPS) is 18.3. The molecule has 4 rings (SSSR count). The summed E-state index contributed by atoms with van der Waals surface area (Å²) < 4.78 is 12.3. The molecule has 0 saturated heterocycles. The van der Waals surface area contributed by atoms with Crippen LogP contribution in [0.4, 0.5) is 4.79 Å². The van der Waals surface area contributed by atoms with Gasteiger partial charge in [0.05, 0.1) is 19.2 Å². The van der Waals surface area contributed by atoms with Crippen molar-refractivity contribution in [2.24, 2.45) is 5.92 Å². The van der Waals surface area contributed by atoms with Gasteiger partial charge in [-0.05, 0) is 61.9 Å². The maximum Gasteiger partial charge on any atom is 0.418 e. The van der Waals surface area contributed by atoms with E-state index in [2.05, 4.69) is 0 Å². The molecule has 29 heavy (non-hydrogen) atoms. The smallest absolute Gasteiger partial charge is 0.418 e. The van der Waals surface area contributed by atoms with Gasteiger partial charge in [-0.3, -0.25) is 4.79 Å². The van der Waals surface area contributed by atoms with E-state index >= 15 is 0 Å². The van der Waals surface area contributed by atoms with Gasteiger partial charge in [-0.2, -0.15) is 0 Å². The van der Waals surface area contributed by atoms with Crippen LogP contribution in [0.15, 0.2) is 48.5 Å². The lowest BCUT2D eigenvalue weighted by atomic mass is 9.72. The van der Waals surface area contributed by atoms with Crippen molar-refractivity contribution < 1.29 is 19.1 Å². The van der Waals surface area contributed by atoms with Crippen LogP contribution in [-0.2, 0) is 22.4 Å². The van der Waals surface area contributed by atoms with E-state index < -0.39 is 0 Å². The summed E-state index contributed by atoms with van der Waals surface area (Å²) in [4.78, 5) is 25.4. The fourth-order valence-electron chi connectivity index (χ4n) is 4.54. The van der Waals surface area contributed by atoms with Crippen molar-refractivity contribution in [1.82, 2.24) is 4.57 Å². The molecule has 0 aliphatic heterocycles. The fourth-order valence-corrected chi connectivity index (χ4v) is 4.54. The minimum atomic E-state index is -0.361. The van der Waals surface area contributed by atoms with Crippen LogP contribution in [0.5, 0.6) is 5.75 Å². The molecular formula is C24H25NO4. The Labute approximate surface area is 170 Å². The number of hydrogen-bond donors (Lipinski definition) is 0. The predicted octanol–water partition coefficient (Wildman–Crippen LogP) is 4.74. The third kappa shape index (κ3) is 3.31. The number of para-hydroxylation sites is 1. The molecule has 0 fully saturated rings. The van der Waals surface area contributed by atoms with Crippen molar-refractivity contribution in [3.05, 3.63) is 65.4 Å². The zero-order valence-electron chi connectivity index (χ0n) is 17.0. The maximum absolute atomic E-state index is 12.8. The Morgan fingerprint density at radius 3 is 2.45 bits per heavy atom. The van der Waals surface area contributed by atoms with E-state index in [1.165, 1.54) is 0 Å². The molecule has 1 aliphatic carbocycles. The minimum Gasteiger partial charge on any atom is -0.497 e. The van der Waals surface area contributed by atoms with E-state index in [1.807, 2.05) is 55.5 Å². The van der Waals surface area contributed by atoms with E-state index in [1.54, 1.807) is 18.6 Å². The molecule has 3 aromatic rings. The number of Topliss-reactive ketones (excluding diaryl/α,β-unsaturated/α-hetero) is 1. The van der Waals surface area contributed by atoms with Crippen LogP contribution in [-0.4, -0.2) is 30.2 Å². The van der Waals surface area contributed by atoms with Gasteiger partial charge in [0.1, 0.15) is 11.5 Å². The molecule has 5 heteroatoms. The van der Waals surface area contributed by atoms with E-state index in [0.29, 0.717) is 19.4 Å². The zero-order valence-corrected chi connectivity index (χ0v) is 17.0. The molecule has 0 spiro atoms. The van der Waals surface area contributed by atoms with Crippen LogP contribution in [0.25, 0.3) is 10.9 Å². The number of benzene rings is 2. The molecular weight excluding hydrogens is 366 g/mol. The van der Waals surface area contributed by atoms with Gasteiger partial charge in [0, 0.05) is 17.0 Å². The van der Waals surface area contributed by atoms with Crippen molar-refractivity contribution in [1.29, 1.82) is 0 Å². The topological polar surface area (TPSA) is 57.5 Å². The van der Waals surface area contributed by atoms with Crippen LogP contribution in [0.2, 0.25) is 0 Å². The highest BCUT2D eigenvalue weighted by atomic mass is 16.5. The summed E-state index contributed by atoms with van der Waals surface area (Å²) in [6.45, 7) is 3.79. The first-order chi connectivity index (χ1) is 14.0. The molecule has 0 saturated carbocycles. The number of hydrogen-bond acceptors (Lipinski definition) is 4. The van der Waals surface area contributed by atoms with Crippen LogP contribution in [0, 0.1) is 5.92 Å². The van der Waals surface area contributed by atoms with Crippen molar-refractivity contribution in [2.45, 2.75) is 32.6 Å². The molecule has 1 heterocycles. The quantitative estimate of drug-likeness (QED) is 0.644. The lowest BCUT2D eigenvalue weighted by Crippen LogP contribution is -2.30. The first-order valence-corrected chi connectivity index (χ1v) is 9.97.